The molecular formula is C35H36F9N5O5. The number of anilines is 3. The Morgan fingerprint density at radius 3 is 2.06 bits per heavy atom. The van der Waals surface area contributed by atoms with E-state index in [0.717, 1.165) is 23.1 Å². The van der Waals surface area contributed by atoms with Crippen LogP contribution in [0.3, 0.4) is 0 Å². The number of amides is 1. The van der Waals surface area contributed by atoms with Gasteiger partial charge in [0.05, 0.1) is 53.5 Å². The molecule has 1 amide bonds. The van der Waals surface area contributed by atoms with Crippen LogP contribution in [0.15, 0.2) is 48.8 Å². The molecule has 1 saturated carbocycles. The number of nitrogens with zero attached hydrogens (tertiary/aromatic N) is 5. The van der Waals surface area contributed by atoms with E-state index in [1.807, 2.05) is 0 Å². The van der Waals surface area contributed by atoms with E-state index in [2.05, 4.69) is 9.97 Å². The predicted octanol–water partition coefficient (Wildman–Crippen LogP) is 7.93. The molecule has 5 rings (SSSR count). The zero-order valence-electron chi connectivity index (χ0n) is 29.1. The second kappa shape index (κ2) is 15.1. The number of carbonyl (C=O) groups is 2. The molecule has 1 aliphatic heterocycles. The first-order valence-corrected chi connectivity index (χ1v) is 16.7. The van der Waals surface area contributed by atoms with Crippen LogP contribution in [0.2, 0.25) is 0 Å². The third kappa shape index (κ3) is 8.60. The predicted molar refractivity (Wildman–Crippen MR) is 176 cm³/mol. The lowest BCUT2D eigenvalue weighted by Crippen LogP contribution is -2.48. The fourth-order valence-corrected chi connectivity index (χ4v) is 6.86. The Balaban J connectivity index is 1.63. The van der Waals surface area contributed by atoms with Crippen LogP contribution < -0.4 is 14.7 Å². The summed E-state index contributed by atoms with van der Waals surface area (Å²) in [4.78, 5) is 37.5. The third-order valence-electron chi connectivity index (χ3n) is 9.66. The summed E-state index contributed by atoms with van der Waals surface area (Å²) in [6.45, 7) is 1.37. The lowest BCUT2D eigenvalue weighted by atomic mass is 9.80. The van der Waals surface area contributed by atoms with Gasteiger partial charge in [-0.1, -0.05) is 6.92 Å². The van der Waals surface area contributed by atoms with Crippen molar-refractivity contribution in [2.45, 2.75) is 75.2 Å². The van der Waals surface area contributed by atoms with Gasteiger partial charge in [0.2, 0.25) is 5.95 Å². The van der Waals surface area contributed by atoms with Crippen molar-refractivity contribution in [2.24, 2.45) is 0 Å². The summed E-state index contributed by atoms with van der Waals surface area (Å²) in [5.41, 5.74) is -5.17. The third-order valence-corrected chi connectivity index (χ3v) is 9.66. The summed E-state index contributed by atoms with van der Waals surface area (Å²) in [6.07, 6.45) is -13.5. The molecule has 2 heterocycles. The number of carboxylic acid groups (broad SMARTS) is 1. The van der Waals surface area contributed by atoms with Gasteiger partial charge in [0, 0.05) is 44.7 Å². The van der Waals surface area contributed by atoms with Crippen molar-refractivity contribution in [2.75, 3.05) is 48.6 Å². The molecule has 0 bridgehead atoms. The van der Waals surface area contributed by atoms with Crippen LogP contribution in [0.1, 0.15) is 60.4 Å². The molecule has 3 unspecified atom stereocenters. The number of carboxylic acids is 1. The molecule has 3 aromatic rings. The number of ether oxygens (including phenoxy) is 2. The highest BCUT2D eigenvalue weighted by molar-refractivity contribution is 5.91. The molecule has 3 atom stereocenters. The molecule has 1 spiro atoms. The van der Waals surface area contributed by atoms with Gasteiger partial charge in [-0.05, 0) is 66.8 Å². The fraction of sp³-hybridized carbons (Fsp3) is 0.486. The molecule has 0 saturated heterocycles. The van der Waals surface area contributed by atoms with Gasteiger partial charge in [0.15, 0.2) is 0 Å². The van der Waals surface area contributed by atoms with E-state index in [1.54, 1.807) is 18.9 Å². The molecule has 54 heavy (non-hydrogen) atoms. The van der Waals surface area contributed by atoms with Gasteiger partial charge in [-0.3, -0.25) is 9.69 Å². The van der Waals surface area contributed by atoms with Crippen LogP contribution in [0.4, 0.5) is 61.6 Å². The number of aliphatic carboxylic acids is 1. The first kappa shape index (κ1) is 40.4. The summed E-state index contributed by atoms with van der Waals surface area (Å²) >= 11 is 0. The Hall–Kier alpha value is -4.81. The number of benzene rings is 2. The Morgan fingerprint density at radius 1 is 0.907 bits per heavy atom. The van der Waals surface area contributed by atoms with Crippen molar-refractivity contribution in [3.63, 3.8) is 0 Å². The molecule has 10 nitrogen and oxygen atoms in total. The van der Waals surface area contributed by atoms with Crippen LogP contribution in [0.5, 0.6) is 0 Å². The number of rotatable bonds is 12. The summed E-state index contributed by atoms with van der Waals surface area (Å²) < 4.78 is 136. The molecule has 2 aliphatic rings. The first-order valence-electron chi connectivity index (χ1n) is 16.7. The monoisotopic (exact) mass is 777 g/mol. The minimum Gasteiger partial charge on any atom is -0.481 e. The molecule has 1 fully saturated rings. The van der Waals surface area contributed by atoms with Gasteiger partial charge < -0.3 is 24.4 Å². The maximum Gasteiger partial charge on any atom is 0.416 e. The number of alkyl halides is 9. The van der Waals surface area contributed by atoms with Gasteiger partial charge >= 0.3 is 30.6 Å². The number of likely N-dealkylation sites (N-methyl/N-ethyl adjacent to an activating group) is 1. The quantitative estimate of drug-likeness (QED) is 0.184. The number of methoxy groups -OCH3 is 1. The van der Waals surface area contributed by atoms with Gasteiger partial charge in [-0.2, -0.15) is 39.5 Å². The average molecular weight is 778 g/mol. The lowest BCUT2D eigenvalue weighted by Gasteiger charge is -2.42. The molecule has 0 radical (unpaired) electrons. The Kier molecular flexibility index (Phi) is 11.3. The van der Waals surface area contributed by atoms with E-state index in [9.17, 15) is 49.1 Å². The maximum absolute atomic E-state index is 14.1. The standard InChI is InChI=1S/C35H36F9N5O5/c1-4-24-15-32(26-14-21(33(36,37)38)5-6-27(26)49(24)31(52)54-9-7-29(50)51)16-28(32)48(30-45-17-25(18-46-30)47(2)8-10-53-3)19-20-11-22(34(39,40)41)13-23(12-20)35(42,43)44/h5-6,11-14,17-18,24,28H,4,7-10,15-16,19H2,1-3H3,(H,50,51). The van der Waals surface area contributed by atoms with E-state index in [1.165, 1.54) is 24.4 Å². The van der Waals surface area contributed by atoms with E-state index in [0.29, 0.717) is 31.0 Å². The van der Waals surface area contributed by atoms with E-state index in [4.69, 9.17) is 14.6 Å². The largest absolute Gasteiger partial charge is 0.481 e. The van der Waals surface area contributed by atoms with Crippen LogP contribution in [-0.2, 0) is 44.8 Å². The van der Waals surface area contributed by atoms with Crippen molar-refractivity contribution in [1.82, 2.24) is 9.97 Å². The van der Waals surface area contributed by atoms with Gasteiger partial charge in [0.25, 0.3) is 0 Å². The molecule has 1 aromatic heterocycles. The number of hydrogen-bond donors (Lipinski definition) is 1. The second-order valence-electron chi connectivity index (χ2n) is 13.2. The van der Waals surface area contributed by atoms with Crippen LogP contribution in [0.25, 0.3) is 0 Å². The topological polar surface area (TPSA) is 108 Å². The smallest absolute Gasteiger partial charge is 0.416 e. The molecule has 1 aliphatic carbocycles. The Morgan fingerprint density at radius 2 is 1.52 bits per heavy atom. The summed E-state index contributed by atoms with van der Waals surface area (Å²) in [5.74, 6) is -1.35. The average Bonchev–Trinajstić information content (AvgIpc) is 3.81. The van der Waals surface area contributed by atoms with E-state index in [-0.39, 0.29) is 42.5 Å². The van der Waals surface area contributed by atoms with Crippen LogP contribution in [-0.4, -0.2) is 73.1 Å². The normalized spacial score (nSPS) is 19.7. The molecule has 294 valence electrons. The molecule has 1 N–H and O–H groups in total. The zero-order chi connectivity index (χ0) is 39.8. The fourth-order valence-electron chi connectivity index (χ4n) is 6.86. The van der Waals surface area contributed by atoms with Crippen LogP contribution >= 0.6 is 0 Å². The Bertz CT molecular complexity index is 1810. The molecular weight excluding hydrogens is 741 g/mol. The number of halogens is 9. The van der Waals surface area contributed by atoms with Crippen molar-refractivity contribution in [3.8, 4) is 0 Å². The first-order chi connectivity index (χ1) is 25.2. The summed E-state index contributed by atoms with van der Waals surface area (Å²) in [5, 5.41) is 9.00. The highest BCUT2D eigenvalue weighted by atomic mass is 19.4. The second-order valence-corrected chi connectivity index (χ2v) is 13.2. The minimum absolute atomic E-state index is 0.000372. The number of fused-ring (bicyclic) bond motifs is 2. The van der Waals surface area contributed by atoms with Crippen molar-refractivity contribution < 1.29 is 63.7 Å². The lowest BCUT2D eigenvalue weighted by molar-refractivity contribution is -0.143. The maximum atomic E-state index is 14.1. The molecule has 19 heteroatoms. The highest BCUT2D eigenvalue weighted by Gasteiger charge is 2.63. The molecule has 2 aromatic carbocycles. The summed E-state index contributed by atoms with van der Waals surface area (Å²) in [7, 11) is 3.22. The summed E-state index contributed by atoms with van der Waals surface area (Å²) in [6, 6.07) is 2.33. The zero-order valence-corrected chi connectivity index (χ0v) is 29.1. The SMILES string of the molecule is CCC1CC2(CC2N(Cc2cc(C(F)(F)F)cc(C(F)(F)F)c2)c2ncc(N(C)CCOC)cn2)c2cc(C(F)(F)F)ccc2N1C(=O)OCCC(=O)O. The van der Waals surface area contributed by atoms with Crippen molar-refractivity contribution in [1.29, 1.82) is 0 Å². The Labute approximate surface area is 303 Å². The van der Waals surface area contributed by atoms with Gasteiger partial charge in [0.1, 0.15) is 6.61 Å². The van der Waals surface area contributed by atoms with Gasteiger partial charge in [-0.15, -0.1) is 0 Å². The van der Waals surface area contributed by atoms with E-state index >= 15 is 0 Å². The van der Waals surface area contributed by atoms with Crippen LogP contribution in [0, 0.1) is 0 Å². The van der Waals surface area contributed by atoms with Crippen molar-refractivity contribution in [3.05, 3.63) is 76.6 Å². The van der Waals surface area contributed by atoms with E-state index < -0.39 is 89.9 Å². The number of aromatic nitrogens is 2. The highest BCUT2D eigenvalue weighted by Crippen LogP contribution is 2.61. The number of carbonyl (C=O) groups excluding carboxylic acids is 1. The number of hydrogen-bond acceptors (Lipinski definition) is 8. The van der Waals surface area contributed by atoms with Crippen molar-refractivity contribution >= 4 is 29.4 Å². The minimum atomic E-state index is -5.14. The van der Waals surface area contributed by atoms with Gasteiger partial charge in [-0.25, -0.2) is 14.8 Å².